The lowest BCUT2D eigenvalue weighted by atomic mass is 10.3. The van der Waals surface area contributed by atoms with Crippen LogP contribution in [0.2, 0.25) is 0 Å². The Morgan fingerprint density at radius 3 is 2.50 bits per heavy atom. The minimum absolute atomic E-state index is 0.191. The van der Waals surface area contributed by atoms with E-state index in [9.17, 15) is 4.79 Å². The molecule has 0 saturated heterocycles. The van der Waals surface area contributed by atoms with E-state index in [-0.39, 0.29) is 11.0 Å². The molecule has 0 atom stereocenters. The summed E-state index contributed by atoms with van der Waals surface area (Å²) in [6.07, 6.45) is 0. The first-order chi connectivity index (χ1) is 7.61. The van der Waals surface area contributed by atoms with Crippen molar-refractivity contribution in [2.45, 2.75) is 13.8 Å². The number of carbonyl (C=O) groups is 1. The largest absolute Gasteiger partial charge is 0.494 e. The predicted octanol–water partition coefficient (Wildman–Crippen LogP) is 1.92. The van der Waals surface area contributed by atoms with E-state index < -0.39 is 0 Å². The highest BCUT2D eigenvalue weighted by atomic mass is 32.1. The Labute approximate surface area is 100.0 Å². The van der Waals surface area contributed by atoms with Crippen LogP contribution >= 0.6 is 12.2 Å². The third-order valence-electron chi connectivity index (χ3n) is 1.71. The van der Waals surface area contributed by atoms with Crippen LogP contribution in [0.15, 0.2) is 24.3 Å². The first-order valence-corrected chi connectivity index (χ1v) is 5.34. The molecule has 2 N–H and O–H groups in total. The summed E-state index contributed by atoms with van der Waals surface area (Å²) >= 11 is 4.92. The van der Waals surface area contributed by atoms with E-state index in [2.05, 4.69) is 10.6 Å². The molecule has 5 heteroatoms. The number of amides is 1. The van der Waals surface area contributed by atoms with Crippen LogP contribution < -0.4 is 15.4 Å². The Morgan fingerprint density at radius 2 is 2.00 bits per heavy atom. The fraction of sp³-hybridized carbons (Fsp3) is 0.273. The molecule has 0 aliphatic heterocycles. The second-order valence-electron chi connectivity index (χ2n) is 3.09. The topological polar surface area (TPSA) is 50.4 Å². The fourth-order valence-corrected chi connectivity index (χ4v) is 1.38. The zero-order chi connectivity index (χ0) is 12.0. The molecular weight excluding hydrogens is 224 g/mol. The molecule has 16 heavy (non-hydrogen) atoms. The quantitative estimate of drug-likeness (QED) is 0.790. The first kappa shape index (κ1) is 12.4. The molecule has 0 bridgehead atoms. The van der Waals surface area contributed by atoms with Gasteiger partial charge in [0.2, 0.25) is 5.91 Å². The highest BCUT2D eigenvalue weighted by Crippen LogP contribution is 2.15. The number of hydrogen-bond acceptors (Lipinski definition) is 3. The third kappa shape index (κ3) is 4.27. The molecule has 1 aromatic rings. The number of rotatable bonds is 3. The summed E-state index contributed by atoms with van der Waals surface area (Å²) in [5.41, 5.74) is 0.808. The highest BCUT2D eigenvalue weighted by molar-refractivity contribution is 7.80. The van der Waals surface area contributed by atoms with Gasteiger partial charge < -0.3 is 15.4 Å². The van der Waals surface area contributed by atoms with Crippen molar-refractivity contribution in [3.05, 3.63) is 24.3 Å². The van der Waals surface area contributed by atoms with Crippen LogP contribution in [0, 0.1) is 0 Å². The zero-order valence-corrected chi connectivity index (χ0v) is 10.1. The van der Waals surface area contributed by atoms with E-state index in [4.69, 9.17) is 17.0 Å². The van der Waals surface area contributed by atoms with E-state index in [1.165, 1.54) is 6.92 Å². The minimum atomic E-state index is -0.191. The Morgan fingerprint density at radius 1 is 1.38 bits per heavy atom. The molecule has 86 valence electrons. The third-order valence-corrected chi connectivity index (χ3v) is 1.92. The van der Waals surface area contributed by atoms with Crippen molar-refractivity contribution in [2.24, 2.45) is 0 Å². The molecule has 0 spiro atoms. The van der Waals surface area contributed by atoms with Crippen molar-refractivity contribution in [3.8, 4) is 5.75 Å². The summed E-state index contributed by atoms with van der Waals surface area (Å²) in [5, 5.41) is 5.66. The molecule has 0 saturated carbocycles. The van der Waals surface area contributed by atoms with E-state index in [1.54, 1.807) is 0 Å². The van der Waals surface area contributed by atoms with Gasteiger partial charge in [-0.25, -0.2) is 0 Å². The molecular formula is C11H14N2O2S. The second-order valence-corrected chi connectivity index (χ2v) is 3.50. The van der Waals surface area contributed by atoms with E-state index >= 15 is 0 Å². The van der Waals surface area contributed by atoms with Crippen molar-refractivity contribution in [3.63, 3.8) is 0 Å². The van der Waals surface area contributed by atoms with Gasteiger partial charge in [-0.1, -0.05) is 0 Å². The monoisotopic (exact) mass is 238 g/mol. The van der Waals surface area contributed by atoms with Gasteiger partial charge in [-0.3, -0.25) is 4.79 Å². The van der Waals surface area contributed by atoms with Crippen LogP contribution in [0.1, 0.15) is 13.8 Å². The summed E-state index contributed by atoms with van der Waals surface area (Å²) < 4.78 is 5.30. The van der Waals surface area contributed by atoms with E-state index in [0.29, 0.717) is 6.61 Å². The smallest absolute Gasteiger partial charge is 0.222 e. The van der Waals surface area contributed by atoms with Gasteiger partial charge in [0, 0.05) is 12.6 Å². The Kier molecular flexibility index (Phi) is 4.72. The fourth-order valence-electron chi connectivity index (χ4n) is 1.12. The van der Waals surface area contributed by atoms with Crippen LogP contribution in [-0.2, 0) is 4.79 Å². The van der Waals surface area contributed by atoms with Gasteiger partial charge in [0.15, 0.2) is 5.11 Å². The number of nitrogens with one attached hydrogen (secondary N) is 2. The van der Waals surface area contributed by atoms with Gasteiger partial charge in [-0.2, -0.15) is 0 Å². The van der Waals surface area contributed by atoms with Gasteiger partial charge in [0.25, 0.3) is 0 Å². The molecule has 0 aliphatic carbocycles. The first-order valence-electron chi connectivity index (χ1n) is 4.93. The van der Waals surface area contributed by atoms with Crippen molar-refractivity contribution in [1.82, 2.24) is 5.32 Å². The maximum atomic E-state index is 10.7. The van der Waals surface area contributed by atoms with Gasteiger partial charge >= 0.3 is 0 Å². The number of ether oxygens (including phenoxy) is 1. The van der Waals surface area contributed by atoms with Crippen molar-refractivity contribution >= 4 is 28.9 Å². The molecule has 1 rings (SSSR count). The summed E-state index contributed by atoms with van der Waals surface area (Å²) in [5.74, 6) is 0.613. The van der Waals surface area contributed by atoms with Gasteiger partial charge in [-0.15, -0.1) is 0 Å². The highest BCUT2D eigenvalue weighted by Gasteiger charge is 1.99. The number of anilines is 1. The second kappa shape index (κ2) is 6.07. The van der Waals surface area contributed by atoms with Crippen LogP contribution in [0.4, 0.5) is 5.69 Å². The molecule has 4 nitrogen and oxygen atoms in total. The minimum Gasteiger partial charge on any atom is -0.494 e. The Bertz CT molecular complexity index is 376. The Hall–Kier alpha value is -1.62. The number of carbonyl (C=O) groups excluding carboxylic acids is 1. The molecule has 0 aromatic heterocycles. The summed E-state index contributed by atoms with van der Waals surface area (Å²) in [7, 11) is 0. The Balaban J connectivity index is 2.54. The maximum absolute atomic E-state index is 10.7. The SMILES string of the molecule is CCOc1ccc(NC(=S)NC(C)=O)cc1. The number of hydrogen-bond donors (Lipinski definition) is 2. The molecule has 0 heterocycles. The van der Waals surface area contributed by atoms with Crippen molar-refractivity contribution in [2.75, 3.05) is 11.9 Å². The maximum Gasteiger partial charge on any atom is 0.222 e. The molecule has 0 unspecified atom stereocenters. The molecule has 0 radical (unpaired) electrons. The van der Waals surface area contributed by atoms with E-state index in [0.717, 1.165) is 11.4 Å². The van der Waals surface area contributed by atoms with Gasteiger partial charge in [0.1, 0.15) is 5.75 Å². The standard InChI is InChI=1S/C11H14N2O2S/c1-3-15-10-6-4-9(5-7-10)13-11(16)12-8(2)14/h4-7H,3H2,1-2H3,(H2,12,13,14,16). The lowest BCUT2D eigenvalue weighted by molar-refractivity contribution is -0.117. The average molecular weight is 238 g/mol. The lowest BCUT2D eigenvalue weighted by Gasteiger charge is -2.08. The van der Waals surface area contributed by atoms with Crippen LogP contribution in [0.25, 0.3) is 0 Å². The predicted molar refractivity (Wildman–Crippen MR) is 67.6 cm³/mol. The molecule has 0 aliphatic rings. The van der Waals surface area contributed by atoms with E-state index in [1.807, 2.05) is 31.2 Å². The van der Waals surface area contributed by atoms with Crippen LogP contribution in [0.3, 0.4) is 0 Å². The number of benzene rings is 1. The number of thiocarbonyl (C=S) groups is 1. The van der Waals surface area contributed by atoms with Crippen LogP contribution in [-0.4, -0.2) is 17.6 Å². The van der Waals surface area contributed by atoms with Gasteiger partial charge in [-0.05, 0) is 43.4 Å². The zero-order valence-electron chi connectivity index (χ0n) is 9.24. The molecule has 0 fully saturated rings. The molecule has 1 amide bonds. The summed E-state index contributed by atoms with van der Waals surface area (Å²) in [6, 6.07) is 7.34. The van der Waals surface area contributed by atoms with Gasteiger partial charge in [0.05, 0.1) is 6.61 Å². The van der Waals surface area contributed by atoms with Crippen molar-refractivity contribution < 1.29 is 9.53 Å². The normalized spacial score (nSPS) is 9.38. The van der Waals surface area contributed by atoms with Crippen molar-refractivity contribution in [1.29, 1.82) is 0 Å². The molecule has 1 aromatic carbocycles. The average Bonchev–Trinajstić information content (AvgIpc) is 2.20. The van der Waals surface area contributed by atoms with Crippen LogP contribution in [0.5, 0.6) is 5.75 Å². The lowest BCUT2D eigenvalue weighted by Crippen LogP contribution is -2.32. The summed E-state index contributed by atoms with van der Waals surface area (Å²) in [6.45, 7) is 3.97. The summed E-state index contributed by atoms with van der Waals surface area (Å²) in [4.78, 5) is 10.7.